The van der Waals surface area contributed by atoms with Gasteiger partial charge in [-0.15, -0.1) is 0 Å². The van der Waals surface area contributed by atoms with Crippen LogP contribution >= 0.6 is 0 Å². The number of amides is 1. The summed E-state index contributed by atoms with van der Waals surface area (Å²) in [6.07, 6.45) is 29.9. The van der Waals surface area contributed by atoms with E-state index in [9.17, 15) is 9.90 Å². The van der Waals surface area contributed by atoms with Crippen molar-refractivity contribution in [2.24, 2.45) is 0 Å². The smallest absolute Gasteiger partial charge is 0.220 e. The zero-order valence-corrected chi connectivity index (χ0v) is 23.0. The van der Waals surface area contributed by atoms with Crippen LogP contribution < -0.4 is 5.32 Å². The molecular formula is C30H61NO2. The second kappa shape index (κ2) is 26.0. The third-order valence-electron chi connectivity index (χ3n) is 7.08. The van der Waals surface area contributed by atoms with Crippen LogP contribution in [0.15, 0.2) is 0 Å². The minimum atomic E-state index is -0.412. The summed E-state index contributed by atoms with van der Waals surface area (Å²) in [5.41, 5.74) is 0. The molecule has 33 heavy (non-hydrogen) atoms. The first kappa shape index (κ1) is 32.4. The number of unbranched alkanes of at least 4 members (excludes halogenated alkanes) is 20. The fourth-order valence-electron chi connectivity index (χ4n) is 4.64. The number of carbonyl (C=O) groups excluding carboxylic acids is 1. The zero-order chi connectivity index (χ0) is 24.4. The number of rotatable bonds is 26. The predicted molar refractivity (Wildman–Crippen MR) is 146 cm³/mol. The molecule has 0 aromatic carbocycles. The number of carbonyl (C=O) groups is 1. The highest BCUT2D eigenvalue weighted by Gasteiger charge is 2.15. The summed E-state index contributed by atoms with van der Waals surface area (Å²) in [5, 5.41) is 13.4. The summed E-state index contributed by atoms with van der Waals surface area (Å²) < 4.78 is 0. The molecule has 2 atom stereocenters. The second-order valence-corrected chi connectivity index (χ2v) is 10.5. The molecule has 198 valence electrons. The van der Waals surface area contributed by atoms with Crippen LogP contribution in [0.2, 0.25) is 0 Å². The highest BCUT2D eigenvalue weighted by atomic mass is 16.3. The monoisotopic (exact) mass is 467 g/mol. The van der Waals surface area contributed by atoms with Gasteiger partial charge in [0.25, 0.3) is 0 Å². The van der Waals surface area contributed by atoms with Crippen molar-refractivity contribution in [1.29, 1.82) is 0 Å². The molecule has 0 aliphatic carbocycles. The lowest BCUT2D eigenvalue weighted by Gasteiger charge is -2.20. The summed E-state index contributed by atoms with van der Waals surface area (Å²) in [5.74, 6) is 0.106. The Hall–Kier alpha value is -0.570. The highest BCUT2D eigenvalue weighted by molar-refractivity contribution is 5.76. The van der Waals surface area contributed by atoms with E-state index in [1.165, 1.54) is 122 Å². The molecule has 0 radical (unpaired) electrons. The quantitative estimate of drug-likeness (QED) is 0.124. The maximum atomic E-state index is 12.1. The van der Waals surface area contributed by atoms with E-state index >= 15 is 0 Å². The molecule has 0 aliphatic heterocycles. The van der Waals surface area contributed by atoms with E-state index in [2.05, 4.69) is 19.2 Å². The SMILES string of the molecule is CCCCCCCCCCCCCCCC(O)C(C)NC(=O)CCCCCCCCCCC. The van der Waals surface area contributed by atoms with Crippen LogP contribution in [0.5, 0.6) is 0 Å². The van der Waals surface area contributed by atoms with Crippen LogP contribution in [0.3, 0.4) is 0 Å². The summed E-state index contributed by atoms with van der Waals surface area (Å²) in [4.78, 5) is 12.1. The van der Waals surface area contributed by atoms with Gasteiger partial charge in [-0.1, -0.05) is 149 Å². The first-order chi connectivity index (χ1) is 16.1. The molecule has 0 aromatic heterocycles. The van der Waals surface area contributed by atoms with Gasteiger partial charge in [0.2, 0.25) is 5.91 Å². The van der Waals surface area contributed by atoms with Gasteiger partial charge in [0.05, 0.1) is 12.1 Å². The fourth-order valence-corrected chi connectivity index (χ4v) is 4.64. The lowest BCUT2D eigenvalue weighted by atomic mass is 10.0. The highest BCUT2D eigenvalue weighted by Crippen LogP contribution is 2.14. The van der Waals surface area contributed by atoms with Crippen molar-refractivity contribution < 1.29 is 9.90 Å². The van der Waals surface area contributed by atoms with Crippen molar-refractivity contribution in [3.8, 4) is 0 Å². The van der Waals surface area contributed by atoms with E-state index in [0.29, 0.717) is 6.42 Å². The van der Waals surface area contributed by atoms with Gasteiger partial charge >= 0.3 is 0 Å². The van der Waals surface area contributed by atoms with Crippen molar-refractivity contribution in [2.45, 2.75) is 187 Å². The van der Waals surface area contributed by atoms with Crippen molar-refractivity contribution in [1.82, 2.24) is 5.32 Å². The Kier molecular flexibility index (Phi) is 25.6. The van der Waals surface area contributed by atoms with Gasteiger partial charge in [-0.2, -0.15) is 0 Å². The largest absolute Gasteiger partial charge is 0.391 e. The summed E-state index contributed by atoms with van der Waals surface area (Å²) >= 11 is 0. The van der Waals surface area contributed by atoms with E-state index < -0.39 is 6.10 Å². The molecule has 0 spiro atoms. The van der Waals surface area contributed by atoms with Gasteiger partial charge in [0.1, 0.15) is 0 Å². The van der Waals surface area contributed by atoms with Gasteiger partial charge < -0.3 is 10.4 Å². The Morgan fingerprint density at radius 3 is 1.30 bits per heavy atom. The molecule has 0 fully saturated rings. The molecule has 0 heterocycles. The van der Waals surface area contributed by atoms with Crippen LogP contribution in [-0.4, -0.2) is 23.2 Å². The number of nitrogens with one attached hydrogen (secondary N) is 1. The lowest BCUT2D eigenvalue weighted by Crippen LogP contribution is -2.41. The Bertz CT molecular complexity index is 399. The molecule has 0 rings (SSSR count). The third-order valence-corrected chi connectivity index (χ3v) is 7.08. The molecule has 0 saturated carbocycles. The average Bonchev–Trinajstić information content (AvgIpc) is 2.80. The molecule has 3 nitrogen and oxygen atoms in total. The second-order valence-electron chi connectivity index (χ2n) is 10.5. The van der Waals surface area contributed by atoms with E-state index in [0.717, 1.165) is 25.7 Å². The molecule has 0 saturated heterocycles. The standard InChI is InChI=1S/C30H61NO2/c1-4-6-8-10-12-14-15-16-17-19-20-22-24-26-29(32)28(3)31-30(33)27-25-23-21-18-13-11-9-7-5-2/h28-29,32H,4-27H2,1-3H3,(H,31,33). The summed E-state index contributed by atoms with van der Waals surface area (Å²) in [6.45, 7) is 6.48. The zero-order valence-electron chi connectivity index (χ0n) is 23.0. The fraction of sp³-hybridized carbons (Fsp3) is 0.967. The molecule has 0 bridgehead atoms. The first-order valence-electron chi connectivity index (χ1n) is 15.1. The van der Waals surface area contributed by atoms with E-state index in [1.54, 1.807) is 0 Å². The maximum absolute atomic E-state index is 12.1. The molecule has 2 unspecified atom stereocenters. The minimum absolute atomic E-state index is 0.106. The van der Waals surface area contributed by atoms with Gasteiger partial charge in [0.15, 0.2) is 0 Å². The minimum Gasteiger partial charge on any atom is -0.391 e. The molecule has 3 heteroatoms. The van der Waals surface area contributed by atoms with E-state index in [1.807, 2.05) is 6.92 Å². The van der Waals surface area contributed by atoms with Crippen molar-refractivity contribution >= 4 is 5.91 Å². The van der Waals surface area contributed by atoms with Crippen molar-refractivity contribution in [3.63, 3.8) is 0 Å². The number of aliphatic hydroxyl groups excluding tert-OH is 1. The molecule has 2 N–H and O–H groups in total. The number of hydrogen-bond acceptors (Lipinski definition) is 2. The Labute approximate surface area is 208 Å². The summed E-state index contributed by atoms with van der Waals surface area (Å²) in [6, 6.07) is -0.131. The van der Waals surface area contributed by atoms with Crippen LogP contribution in [-0.2, 0) is 4.79 Å². The normalized spacial score (nSPS) is 13.2. The van der Waals surface area contributed by atoms with Crippen LogP contribution in [0.1, 0.15) is 175 Å². The van der Waals surface area contributed by atoms with Crippen molar-refractivity contribution in [2.75, 3.05) is 0 Å². The van der Waals surface area contributed by atoms with E-state index in [4.69, 9.17) is 0 Å². The Morgan fingerprint density at radius 1 is 0.576 bits per heavy atom. The van der Waals surface area contributed by atoms with Gasteiger partial charge in [-0.3, -0.25) is 4.79 Å². The molecular weight excluding hydrogens is 406 g/mol. The van der Waals surface area contributed by atoms with Crippen molar-refractivity contribution in [3.05, 3.63) is 0 Å². The maximum Gasteiger partial charge on any atom is 0.220 e. The molecule has 0 aromatic rings. The first-order valence-corrected chi connectivity index (χ1v) is 15.1. The van der Waals surface area contributed by atoms with Gasteiger partial charge in [0, 0.05) is 6.42 Å². The number of hydrogen-bond donors (Lipinski definition) is 2. The van der Waals surface area contributed by atoms with Gasteiger partial charge in [-0.25, -0.2) is 0 Å². The topological polar surface area (TPSA) is 49.3 Å². The average molecular weight is 468 g/mol. The van der Waals surface area contributed by atoms with Crippen LogP contribution in [0, 0.1) is 0 Å². The molecule has 0 aliphatic rings. The van der Waals surface area contributed by atoms with E-state index in [-0.39, 0.29) is 11.9 Å². The van der Waals surface area contributed by atoms with Gasteiger partial charge in [-0.05, 0) is 19.8 Å². The predicted octanol–water partition coefficient (Wildman–Crippen LogP) is 9.25. The third kappa shape index (κ3) is 24.4. The molecule has 1 amide bonds. The van der Waals surface area contributed by atoms with Crippen LogP contribution in [0.25, 0.3) is 0 Å². The lowest BCUT2D eigenvalue weighted by molar-refractivity contribution is -0.122. The Balaban J connectivity index is 3.44. The summed E-state index contributed by atoms with van der Waals surface area (Å²) in [7, 11) is 0. The Morgan fingerprint density at radius 2 is 0.909 bits per heavy atom. The van der Waals surface area contributed by atoms with Crippen LogP contribution in [0.4, 0.5) is 0 Å². The number of aliphatic hydroxyl groups is 1.